The highest BCUT2D eigenvalue weighted by molar-refractivity contribution is 5.98. The molecule has 28 heavy (non-hydrogen) atoms. The van der Waals surface area contributed by atoms with Crippen molar-refractivity contribution in [2.45, 2.75) is 19.2 Å². The van der Waals surface area contributed by atoms with E-state index in [4.69, 9.17) is 0 Å². The van der Waals surface area contributed by atoms with Crippen LogP contribution in [0.15, 0.2) is 54.6 Å². The molecule has 0 unspecified atom stereocenters. The number of nitrogens with zero attached hydrogens (tertiary/aromatic N) is 1. The minimum atomic E-state index is -4.86. The first-order valence-electron chi connectivity index (χ1n) is 8.79. The van der Waals surface area contributed by atoms with E-state index in [0.717, 1.165) is 11.6 Å². The number of benzene rings is 2. The van der Waals surface area contributed by atoms with Crippen LogP contribution < -0.4 is 10.1 Å². The van der Waals surface area contributed by atoms with Crippen LogP contribution in [0.25, 0.3) is 0 Å². The van der Waals surface area contributed by atoms with Gasteiger partial charge in [0.15, 0.2) is 5.75 Å². The van der Waals surface area contributed by atoms with Crippen LogP contribution >= 0.6 is 0 Å². The van der Waals surface area contributed by atoms with E-state index >= 15 is 0 Å². The number of amides is 2. The number of ether oxygens (including phenoxy) is 1. The Labute approximate surface area is 160 Å². The standard InChI is InChI=1S/C20H19F3N2O3/c21-20(22,23)28-17-9-5-4-8-16(17)24-19(27)15-12-18(26)25(13-15)11-10-14-6-2-1-3-7-14/h1-9,15H,10-13H2,(H,24,27)/t15-/m1/s1. The van der Waals surface area contributed by atoms with Crippen LogP contribution in [-0.4, -0.2) is 36.2 Å². The Morgan fingerprint density at radius 1 is 1.11 bits per heavy atom. The van der Waals surface area contributed by atoms with Gasteiger partial charge in [-0.3, -0.25) is 9.59 Å². The zero-order valence-electron chi connectivity index (χ0n) is 14.9. The van der Waals surface area contributed by atoms with Gasteiger partial charge in [-0.1, -0.05) is 42.5 Å². The number of halogens is 3. The molecule has 0 radical (unpaired) electrons. The number of carbonyl (C=O) groups excluding carboxylic acids is 2. The molecule has 0 aromatic heterocycles. The van der Waals surface area contributed by atoms with Crippen LogP contribution in [0.1, 0.15) is 12.0 Å². The Hall–Kier alpha value is -3.03. The SMILES string of the molecule is O=C(Nc1ccccc1OC(F)(F)F)[C@@H]1CC(=O)N(CCc2ccccc2)C1. The van der Waals surface area contributed by atoms with Gasteiger partial charge in [-0.05, 0) is 24.1 Å². The van der Waals surface area contributed by atoms with Crippen LogP contribution in [0.3, 0.4) is 0 Å². The van der Waals surface area contributed by atoms with Gasteiger partial charge in [0.2, 0.25) is 11.8 Å². The Kier molecular flexibility index (Phi) is 5.87. The Morgan fingerprint density at radius 2 is 1.79 bits per heavy atom. The predicted molar refractivity (Wildman–Crippen MR) is 96.6 cm³/mol. The molecule has 3 rings (SSSR count). The minimum absolute atomic E-state index is 0.0307. The topological polar surface area (TPSA) is 58.6 Å². The van der Waals surface area contributed by atoms with Crippen molar-refractivity contribution in [1.82, 2.24) is 4.90 Å². The third-order valence-corrected chi connectivity index (χ3v) is 4.47. The van der Waals surface area contributed by atoms with Crippen LogP contribution in [0, 0.1) is 5.92 Å². The molecule has 1 saturated heterocycles. The molecule has 0 spiro atoms. The lowest BCUT2D eigenvalue weighted by atomic mass is 10.1. The molecule has 0 aliphatic carbocycles. The number of alkyl halides is 3. The van der Waals surface area contributed by atoms with E-state index in [1.54, 1.807) is 4.90 Å². The van der Waals surface area contributed by atoms with Crippen LogP contribution in [0.5, 0.6) is 5.75 Å². The number of rotatable bonds is 6. The molecule has 2 aromatic carbocycles. The minimum Gasteiger partial charge on any atom is -0.404 e. The van der Waals surface area contributed by atoms with E-state index in [-0.39, 0.29) is 24.6 Å². The van der Waals surface area contributed by atoms with Crippen molar-refractivity contribution in [3.63, 3.8) is 0 Å². The Morgan fingerprint density at radius 3 is 2.50 bits per heavy atom. The Balaban J connectivity index is 1.59. The molecular formula is C20H19F3N2O3. The molecule has 1 fully saturated rings. The molecule has 8 heteroatoms. The van der Waals surface area contributed by atoms with E-state index < -0.39 is 23.9 Å². The van der Waals surface area contributed by atoms with E-state index in [9.17, 15) is 22.8 Å². The highest BCUT2D eigenvalue weighted by Gasteiger charge is 2.35. The molecule has 148 valence electrons. The zero-order chi connectivity index (χ0) is 20.1. The van der Waals surface area contributed by atoms with E-state index in [1.807, 2.05) is 30.3 Å². The summed E-state index contributed by atoms with van der Waals surface area (Å²) in [6.45, 7) is 0.722. The predicted octanol–water partition coefficient (Wildman–Crippen LogP) is 3.61. The second-order valence-corrected chi connectivity index (χ2v) is 6.51. The molecule has 0 saturated carbocycles. The molecule has 1 heterocycles. The smallest absolute Gasteiger partial charge is 0.404 e. The van der Waals surface area contributed by atoms with Crippen LogP contribution in [-0.2, 0) is 16.0 Å². The summed E-state index contributed by atoms with van der Waals surface area (Å²) in [5.41, 5.74) is 1.00. The average Bonchev–Trinajstić information content (AvgIpc) is 3.02. The van der Waals surface area contributed by atoms with Gasteiger partial charge in [0.05, 0.1) is 11.6 Å². The van der Waals surface area contributed by atoms with Gasteiger partial charge in [0.25, 0.3) is 0 Å². The van der Waals surface area contributed by atoms with Crippen molar-refractivity contribution in [3.05, 3.63) is 60.2 Å². The van der Waals surface area contributed by atoms with Gasteiger partial charge >= 0.3 is 6.36 Å². The maximum atomic E-state index is 12.5. The van der Waals surface area contributed by atoms with Crippen LogP contribution in [0.2, 0.25) is 0 Å². The molecule has 1 atom stereocenters. The average molecular weight is 392 g/mol. The fourth-order valence-electron chi connectivity index (χ4n) is 3.09. The van der Waals surface area contributed by atoms with E-state index in [2.05, 4.69) is 10.1 Å². The van der Waals surface area contributed by atoms with Gasteiger partial charge in [0.1, 0.15) is 0 Å². The fraction of sp³-hybridized carbons (Fsp3) is 0.300. The second-order valence-electron chi connectivity index (χ2n) is 6.51. The molecule has 1 aliphatic heterocycles. The number of carbonyl (C=O) groups is 2. The summed E-state index contributed by atoms with van der Waals surface area (Å²) in [4.78, 5) is 26.3. The van der Waals surface area contributed by atoms with Gasteiger partial charge in [-0.15, -0.1) is 13.2 Å². The van der Waals surface area contributed by atoms with Gasteiger partial charge in [0, 0.05) is 19.5 Å². The van der Waals surface area contributed by atoms with E-state index in [0.29, 0.717) is 13.0 Å². The highest BCUT2D eigenvalue weighted by atomic mass is 19.4. The largest absolute Gasteiger partial charge is 0.573 e. The second kappa shape index (κ2) is 8.33. The molecule has 2 amide bonds. The summed E-state index contributed by atoms with van der Waals surface area (Å²) in [7, 11) is 0. The third-order valence-electron chi connectivity index (χ3n) is 4.47. The molecule has 1 N–H and O–H groups in total. The molecule has 1 aliphatic rings. The van der Waals surface area contributed by atoms with Crippen molar-refractivity contribution in [2.75, 3.05) is 18.4 Å². The number of hydrogen-bond donors (Lipinski definition) is 1. The summed E-state index contributed by atoms with van der Waals surface area (Å²) in [5, 5.41) is 2.45. The van der Waals surface area contributed by atoms with Gasteiger partial charge in [-0.2, -0.15) is 0 Å². The van der Waals surface area contributed by atoms with Crippen LogP contribution in [0.4, 0.5) is 18.9 Å². The Bertz CT molecular complexity index is 840. The molecule has 2 aromatic rings. The first-order chi connectivity index (χ1) is 13.3. The summed E-state index contributed by atoms with van der Waals surface area (Å²) in [6, 6.07) is 15.0. The summed E-state index contributed by atoms with van der Waals surface area (Å²) < 4.78 is 41.4. The van der Waals surface area contributed by atoms with Crippen molar-refractivity contribution < 1.29 is 27.5 Å². The molecule has 5 nitrogen and oxygen atoms in total. The number of anilines is 1. The van der Waals surface area contributed by atoms with Gasteiger partial charge < -0.3 is 15.0 Å². The van der Waals surface area contributed by atoms with Crippen molar-refractivity contribution in [3.8, 4) is 5.75 Å². The molecule has 0 bridgehead atoms. The van der Waals surface area contributed by atoms with Crippen molar-refractivity contribution in [1.29, 1.82) is 0 Å². The lowest BCUT2D eigenvalue weighted by Crippen LogP contribution is -2.30. The first kappa shape index (κ1) is 19.7. The maximum Gasteiger partial charge on any atom is 0.573 e. The normalized spacial score (nSPS) is 16.9. The first-order valence-corrected chi connectivity index (χ1v) is 8.79. The summed E-state index contributed by atoms with van der Waals surface area (Å²) >= 11 is 0. The third kappa shape index (κ3) is 5.25. The zero-order valence-corrected chi connectivity index (χ0v) is 14.9. The summed E-state index contributed by atoms with van der Waals surface area (Å²) in [5.74, 6) is -1.76. The lowest BCUT2D eigenvalue weighted by Gasteiger charge is -2.17. The number of para-hydroxylation sites is 2. The number of likely N-dealkylation sites (tertiary alicyclic amines) is 1. The monoisotopic (exact) mass is 392 g/mol. The van der Waals surface area contributed by atoms with Gasteiger partial charge in [-0.25, -0.2) is 0 Å². The maximum absolute atomic E-state index is 12.5. The quantitative estimate of drug-likeness (QED) is 0.817. The number of hydrogen-bond acceptors (Lipinski definition) is 3. The highest BCUT2D eigenvalue weighted by Crippen LogP contribution is 2.31. The lowest BCUT2D eigenvalue weighted by molar-refractivity contribution is -0.274. The fourth-order valence-corrected chi connectivity index (χ4v) is 3.09. The number of nitrogens with one attached hydrogen (secondary N) is 1. The summed E-state index contributed by atoms with van der Waals surface area (Å²) in [6.07, 6.45) is -4.16. The molecular weight excluding hydrogens is 373 g/mol. The van der Waals surface area contributed by atoms with Crippen molar-refractivity contribution in [2.24, 2.45) is 5.92 Å². The van der Waals surface area contributed by atoms with E-state index in [1.165, 1.54) is 18.2 Å². The van der Waals surface area contributed by atoms with Crippen molar-refractivity contribution >= 4 is 17.5 Å².